The van der Waals surface area contributed by atoms with Gasteiger partial charge >= 0.3 is 5.97 Å². The summed E-state index contributed by atoms with van der Waals surface area (Å²) >= 11 is 0. The number of amides is 2. The number of carbonyl (C=O) groups excluding carboxylic acids is 3. The zero-order valence-electron chi connectivity index (χ0n) is 20.2. The lowest BCUT2D eigenvalue weighted by atomic mass is 10.0. The molecule has 0 radical (unpaired) electrons. The van der Waals surface area contributed by atoms with E-state index in [1.807, 2.05) is 30.0 Å². The van der Waals surface area contributed by atoms with Crippen molar-refractivity contribution in [2.24, 2.45) is 0 Å². The smallest absolute Gasteiger partial charge is 0.306 e. The van der Waals surface area contributed by atoms with Gasteiger partial charge in [-0.25, -0.2) is 0 Å². The number of ether oxygens (including phenoxy) is 1. The number of benzene rings is 2. The molecule has 2 aromatic rings. The summed E-state index contributed by atoms with van der Waals surface area (Å²) in [5.41, 5.74) is 2.84. The lowest BCUT2D eigenvalue weighted by Gasteiger charge is -2.38. The number of anilines is 2. The summed E-state index contributed by atoms with van der Waals surface area (Å²) in [7, 11) is 1.30. The van der Waals surface area contributed by atoms with Crippen LogP contribution < -0.4 is 10.2 Å². The van der Waals surface area contributed by atoms with E-state index in [-0.39, 0.29) is 30.7 Å². The van der Waals surface area contributed by atoms with Crippen molar-refractivity contribution >= 4 is 29.2 Å². The summed E-state index contributed by atoms with van der Waals surface area (Å²) < 4.78 is 4.56. The minimum absolute atomic E-state index is 0.0449. The van der Waals surface area contributed by atoms with E-state index < -0.39 is 5.97 Å². The first-order chi connectivity index (χ1) is 16.5. The second-order valence-electron chi connectivity index (χ2n) is 8.60. The van der Waals surface area contributed by atoms with Crippen LogP contribution in [0.5, 0.6) is 0 Å². The predicted octanol–water partition coefficient (Wildman–Crippen LogP) is 4.03. The molecule has 0 aromatic heterocycles. The Hall–Kier alpha value is -3.19. The quantitative estimate of drug-likeness (QED) is 0.536. The molecule has 0 unspecified atom stereocenters. The molecule has 3 rings (SSSR count). The van der Waals surface area contributed by atoms with Crippen molar-refractivity contribution < 1.29 is 19.1 Å². The predicted molar refractivity (Wildman–Crippen MR) is 134 cm³/mol. The van der Waals surface area contributed by atoms with E-state index in [9.17, 15) is 14.4 Å². The molecule has 34 heavy (non-hydrogen) atoms. The highest BCUT2D eigenvalue weighted by atomic mass is 16.5. The number of nitrogens with one attached hydrogen (secondary N) is 1. The Labute approximate surface area is 202 Å². The summed E-state index contributed by atoms with van der Waals surface area (Å²) in [6.07, 6.45) is 3.47. The van der Waals surface area contributed by atoms with Gasteiger partial charge in [0.1, 0.15) is 0 Å². The van der Waals surface area contributed by atoms with Crippen LogP contribution in [-0.2, 0) is 25.5 Å². The first-order valence-electron chi connectivity index (χ1n) is 12.0. The molecule has 0 aliphatic carbocycles. The van der Waals surface area contributed by atoms with Crippen LogP contribution >= 0.6 is 0 Å². The Balaban J connectivity index is 1.55. The Morgan fingerprint density at radius 3 is 2.29 bits per heavy atom. The Bertz CT molecular complexity index is 938. The van der Waals surface area contributed by atoms with Gasteiger partial charge in [0.15, 0.2) is 0 Å². The van der Waals surface area contributed by atoms with Gasteiger partial charge in [0.2, 0.25) is 11.8 Å². The molecule has 1 saturated heterocycles. The fourth-order valence-corrected chi connectivity index (χ4v) is 4.31. The summed E-state index contributed by atoms with van der Waals surface area (Å²) in [4.78, 5) is 40.5. The number of hydrogen-bond acceptors (Lipinski definition) is 5. The molecule has 7 nitrogen and oxygen atoms in total. The number of likely N-dealkylation sites (tertiary alicyclic amines) is 1. The first kappa shape index (κ1) is 25.4. The summed E-state index contributed by atoms with van der Waals surface area (Å²) in [6.45, 7) is 4.86. The minimum Gasteiger partial charge on any atom is -0.469 e. The van der Waals surface area contributed by atoms with E-state index in [4.69, 9.17) is 0 Å². The zero-order chi connectivity index (χ0) is 24.3. The van der Waals surface area contributed by atoms with Crippen molar-refractivity contribution in [2.75, 3.05) is 37.0 Å². The van der Waals surface area contributed by atoms with Crippen LogP contribution in [0.25, 0.3) is 0 Å². The number of carbonyl (C=O) groups is 3. The number of hydrogen-bond donors (Lipinski definition) is 1. The van der Waals surface area contributed by atoms with Crippen LogP contribution in [0, 0.1) is 0 Å². The van der Waals surface area contributed by atoms with Gasteiger partial charge in [-0.3, -0.25) is 14.4 Å². The van der Waals surface area contributed by atoms with Crippen LogP contribution in [-0.4, -0.2) is 55.5 Å². The minimum atomic E-state index is -0.412. The number of methoxy groups -OCH3 is 1. The van der Waals surface area contributed by atoms with E-state index in [0.717, 1.165) is 44.6 Å². The van der Waals surface area contributed by atoms with Crippen LogP contribution in [0.4, 0.5) is 11.4 Å². The van der Waals surface area contributed by atoms with Gasteiger partial charge in [-0.05, 0) is 49.1 Å². The van der Waals surface area contributed by atoms with E-state index in [2.05, 4.69) is 39.2 Å². The third kappa shape index (κ3) is 7.42. The Kier molecular flexibility index (Phi) is 9.64. The number of esters is 1. The molecule has 1 N–H and O–H groups in total. The van der Waals surface area contributed by atoms with E-state index in [0.29, 0.717) is 12.1 Å². The van der Waals surface area contributed by atoms with Crippen LogP contribution in [0.1, 0.15) is 44.6 Å². The fraction of sp³-hybridized carbons (Fsp3) is 0.444. The van der Waals surface area contributed by atoms with Crippen LogP contribution in [0.2, 0.25) is 0 Å². The molecular formula is C27H35N3O4. The van der Waals surface area contributed by atoms with Gasteiger partial charge in [-0.15, -0.1) is 0 Å². The second-order valence-corrected chi connectivity index (χ2v) is 8.60. The van der Waals surface area contributed by atoms with Crippen molar-refractivity contribution in [1.82, 2.24) is 4.90 Å². The van der Waals surface area contributed by atoms with E-state index in [1.165, 1.54) is 12.7 Å². The van der Waals surface area contributed by atoms with Crippen molar-refractivity contribution in [3.05, 3.63) is 60.2 Å². The molecular weight excluding hydrogens is 430 g/mol. The van der Waals surface area contributed by atoms with Crippen molar-refractivity contribution in [2.45, 2.75) is 51.5 Å². The number of nitrogens with zero attached hydrogens (tertiary/aromatic N) is 2. The summed E-state index contributed by atoms with van der Waals surface area (Å²) in [6, 6.07) is 18.1. The van der Waals surface area contributed by atoms with Gasteiger partial charge in [0.05, 0.1) is 13.5 Å². The standard InChI is InChI=1S/C27H35N3O4/c1-3-26(32)30(23-11-9-22(10-12-23)28-25(31)13-14-27(33)34-2)24-16-19-29(20-17-24)18-15-21-7-5-4-6-8-21/h4-12,24H,3,13-20H2,1-2H3,(H,28,31). The average molecular weight is 466 g/mol. The van der Waals surface area contributed by atoms with Crippen molar-refractivity contribution in [1.29, 1.82) is 0 Å². The van der Waals surface area contributed by atoms with Crippen molar-refractivity contribution in [3.63, 3.8) is 0 Å². The van der Waals surface area contributed by atoms with Gasteiger partial charge in [-0.1, -0.05) is 37.3 Å². The second kappa shape index (κ2) is 12.9. The third-order valence-electron chi connectivity index (χ3n) is 6.27. The Morgan fingerprint density at radius 2 is 1.68 bits per heavy atom. The molecule has 182 valence electrons. The molecule has 0 spiro atoms. The maximum absolute atomic E-state index is 12.8. The molecule has 1 aliphatic rings. The highest BCUT2D eigenvalue weighted by molar-refractivity contribution is 5.95. The van der Waals surface area contributed by atoms with E-state index >= 15 is 0 Å². The lowest BCUT2D eigenvalue weighted by Crippen LogP contribution is -2.47. The fourth-order valence-electron chi connectivity index (χ4n) is 4.31. The summed E-state index contributed by atoms with van der Waals surface area (Å²) in [5.74, 6) is -0.551. The van der Waals surface area contributed by atoms with Gasteiger partial charge in [0.25, 0.3) is 0 Å². The number of rotatable bonds is 10. The molecule has 1 fully saturated rings. The molecule has 1 heterocycles. The van der Waals surface area contributed by atoms with Crippen LogP contribution in [0.3, 0.4) is 0 Å². The van der Waals surface area contributed by atoms with E-state index in [1.54, 1.807) is 12.1 Å². The topological polar surface area (TPSA) is 79.0 Å². The molecule has 2 amide bonds. The molecule has 0 bridgehead atoms. The Morgan fingerprint density at radius 1 is 1.00 bits per heavy atom. The molecule has 7 heteroatoms. The monoisotopic (exact) mass is 465 g/mol. The molecule has 2 aromatic carbocycles. The van der Waals surface area contributed by atoms with Gasteiger partial charge < -0.3 is 19.9 Å². The molecule has 0 saturated carbocycles. The van der Waals surface area contributed by atoms with Gasteiger partial charge in [0, 0.05) is 49.9 Å². The largest absolute Gasteiger partial charge is 0.469 e. The average Bonchev–Trinajstić information content (AvgIpc) is 2.88. The van der Waals surface area contributed by atoms with Crippen molar-refractivity contribution in [3.8, 4) is 0 Å². The first-order valence-corrected chi connectivity index (χ1v) is 12.0. The number of piperidine rings is 1. The summed E-state index contributed by atoms with van der Waals surface area (Å²) in [5, 5.41) is 2.79. The van der Waals surface area contributed by atoms with Crippen LogP contribution in [0.15, 0.2) is 54.6 Å². The normalized spacial score (nSPS) is 14.4. The lowest BCUT2D eigenvalue weighted by molar-refractivity contribution is -0.141. The molecule has 0 atom stereocenters. The SMILES string of the molecule is CCC(=O)N(c1ccc(NC(=O)CCC(=O)OC)cc1)C1CCN(CCc2ccccc2)CC1. The highest BCUT2D eigenvalue weighted by Crippen LogP contribution is 2.26. The highest BCUT2D eigenvalue weighted by Gasteiger charge is 2.28. The zero-order valence-corrected chi connectivity index (χ0v) is 20.2. The maximum Gasteiger partial charge on any atom is 0.306 e. The third-order valence-corrected chi connectivity index (χ3v) is 6.27. The van der Waals surface area contributed by atoms with Gasteiger partial charge in [-0.2, -0.15) is 0 Å². The molecule has 1 aliphatic heterocycles. The maximum atomic E-state index is 12.8.